The van der Waals surface area contributed by atoms with E-state index in [2.05, 4.69) is 56.3 Å². The van der Waals surface area contributed by atoms with Crippen molar-refractivity contribution in [3.8, 4) is 28.0 Å². The van der Waals surface area contributed by atoms with Crippen LogP contribution in [0.2, 0.25) is 5.02 Å². The zero-order valence-electron chi connectivity index (χ0n) is 29.6. The molecule has 0 saturated carbocycles. The lowest BCUT2D eigenvalue weighted by Gasteiger charge is -2.13. The van der Waals surface area contributed by atoms with Gasteiger partial charge in [-0.05, 0) is 96.5 Å². The Bertz CT molecular complexity index is 1660. The van der Waals surface area contributed by atoms with Gasteiger partial charge in [-0.15, -0.1) is 0 Å². The van der Waals surface area contributed by atoms with Crippen molar-refractivity contribution >= 4 is 29.5 Å². The van der Waals surface area contributed by atoms with E-state index in [0.717, 1.165) is 59.4 Å². The second-order valence-electron chi connectivity index (χ2n) is 12.7. The summed E-state index contributed by atoms with van der Waals surface area (Å²) < 4.78 is 16.0. The number of hydrogen-bond donors (Lipinski definition) is 0. The quantitative estimate of drug-likeness (QED) is 0.0551. The van der Waals surface area contributed by atoms with Gasteiger partial charge < -0.3 is 14.2 Å². The molecule has 0 aromatic heterocycles. The molecule has 4 aromatic rings. The summed E-state index contributed by atoms with van der Waals surface area (Å²) in [5.74, 6) is -1.48. The summed E-state index contributed by atoms with van der Waals surface area (Å²) in [7, 11) is 0. The van der Waals surface area contributed by atoms with Gasteiger partial charge in [-0.3, -0.25) is 0 Å². The van der Waals surface area contributed by atoms with Crippen molar-refractivity contribution in [3.63, 3.8) is 0 Å². The van der Waals surface area contributed by atoms with E-state index in [-0.39, 0.29) is 11.3 Å². The summed E-state index contributed by atoms with van der Waals surface area (Å²) in [5.41, 5.74) is 5.99. The molecule has 0 heterocycles. The maximum Gasteiger partial charge on any atom is 0.347 e. The summed E-state index contributed by atoms with van der Waals surface area (Å²) >= 11 is 6.66. The maximum atomic E-state index is 12.8. The van der Waals surface area contributed by atoms with Gasteiger partial charge in [0, 0.05) is 5.02 Å². The second kappa shape index (κ2) is 20.3. The Balaban J connectivity index is 1.26. The number of halogens is 1. The number of hydrogen-bond acceptors (Lipinski definition) is 6. The highest BCUT2D eigenvalue weighted by Crippen LogP contribution is 2.29. The minimum atomic E-state index is -1.03. The molecule has 1 atom stereocenters. The molecule has 0 fully saturated rings. The first-order valence-corrected chi connectivity index (χ1v) is 18.4. The first kappa shape index (κ1) is 38.4. The molecule has 0 aliphatic heterocycles. The van der Waals surface area contributed by atoms with Crippen molar-refractivity contribution < 1.29 is 28.6 Å². The Morgan fingerprint density at radius 1 is 0.600 bits per heavy atom. The Kier molecular flexibility index (Phi) is 15.6. The average Bonchev–Trinajstić information content (AvgIpc) is 3.13. The molecule has 4 aromatic carbocycles. The van der Waals surface area contributed by atoms with E-state index in [0.29, 0.717) is 12.2 Å². The standard InChI is InChI=1S/C43H49ClO6/c1-4-6-8-10-11-12-14-35-21-24-38(30-40(35)44)34-17-15-32(16-18-34)33-19-22-36(23-20-33)43(47)50-39-27-25-37(26-28-39)42(46)49-31(3)41(45)48-29-13-9-7-5-2/h15-28,30-31H,4-14,29H2,1-3H3. The zero-order chi connectivity index (χ0) is 35.7. The summed E-state index contributed by atoms with van der Waals surface area (Å²) in [6, 6.07) is 27.8. The van der Waals surface area contributed by atoms with E-state index in [1.165, 1.54) is 75.3 Å². The van der Waals surface area contributed by atoms with Crippen molar-refractivity contribution in [2.45, 2.75) is 97.5 Å². The number of unbranched alkanes of at least 4 members (excludes halogenated alkanes) is 8. The molecule has 0 saturated heterocycles. The molecule has 0 N–H and O–H groups in total. The molecule has 264 valence electrons. The molecule has 0 bridgehead atoms. The highest BCUT2D eigenvalue weighted by Gasteiger charge is 2.20. The fraction of sp³-hybridized carbons (Fsp3) is 0.372. The van der Waals surface area contributed by atoms with Crippen LogP contribution in [0.4, 0.5) is 0 Å². The lowest BCUT2D eigenvalue weighted by atomic mass is 9.98. The molecule has 0 amide bonds. The SMILES string of the molecule is CCCCCCCCc1ccc(-c2ccc(-c3ccc(C(=O)Oc4ccc(C(=O)OC(C)C(=O)OCCCCCC)cc4)cc3)cc2)cc1Cl. The Morgan fingerprint density at radius 3 is 1.72 bits per heavy atom. The van der Waals surface area contributed by atoms with Crippen LogP contribution in [0.25, 0.3) is 22.3 Å². The van der Waals surface area contributed by atoms with Crippen molar-refractivity contribution in [1.29, 1.82) is 0 Å². The lowest BCUT2D eigenvalue weighted by molar-refractivity contribution is -0.153. The number of rotatable bonds is 19. The van der Waals surface area contributed by atoms with Crippen molar-refractivity contribution in [2.24, 2.45) is 0 Å². The minimum Gasteiger partial charge on any atom is -0.463 e. The van der Waals surface area contributed by atoms with Crippen LogP contribution in [-0.2, 0) is 20.7 Å². The topological polar surface area (TPSA) is 78.9 Å². The van der Waals surface area contributed by atoms with Crippen LogP contribution >= 0.6 is 11.6 Å². The van der Waals surface area contributed by atoms with Gasteiger partial charge in [0.05, 0.1) is 17.7 Å². The van der Waals surface area contributed by atoms with E-state index in [9.17, 15) is 14.4 Å². The molecule has 50 heavy (non-hydrogen) atoms. The predicted molar refractivity (Wildman–Crippen MR) is 201 cm³/mol. The molecular formula is C43H49ClO6. The fourth-order valence-corrected chi connectivity index (χ4v) is 5.88. The van der Waals surface area contributed by atoms with Crippen LogP contribution in [0.1, 0.15) is 111 Å². The van der Waals surface area contributed by atoms with Gasteiger partial charge >= 0.3 is 17.9 Å². The monoisotopic (exact) mass is 696 g/mol. The van der Waals surface area contributed by atoms with E-state index < -0.39 is 24.0 Å². The van der Waals surface area contributed by atoms with E-state index >= 15 is 0 Å². The van der Waals surface area contributed by atoms with Gasteiger partial charge in [0.2, 0.25) is 0 Å². The number of esters is 3. The van der Waals surface area contributed by atoms with Crippen LogP contribution in [0, 0.1) is 0 Å². The second-order valence-corrected chi connectivity index (χ2v) is 13.1. The molecule has 6 nitrogen and oxygen atoms in total. The van der Waals surface area contributed by atoms with Crippen LogP contribution in [-0.4, -0.2) is 30.6 Å². The van der Waals surface area contributed by atoms with E-state index in [1.807, 2.05) is 12.1 Å². The molecule has 4 rings (SSSR count). The number of aryl methyl sites for hydroxylation is 1. The van der Waals surface area contributed by atoms with Gasteiger partial charge in [0.25, 0.3) is 0 Å². The molecule has 1 unspecified atom stereocenters. The maximum absolute atomic E-state index is 12.8. The zero-order valence-corrected chi connectivity index (χ0v) is 30.3. The smallest absolute Gasteiger partial charge is 0.347 e. The van der Waals surface area contributed by atoms with Crippen LogP contribution < -0.4 is 4.74 Å². The predicted octanol–water partition coefficient (Wildman–Crippen LogP) is 11.5. The van der Waals surface area contributed by atoms with Crippen LogP contribution in [0.3, 0.4) is 0 Å². The first-order valence-electron chi connectivity index (χ1n) is 18.0. The normalized spacial score (nSPS) is 11.5. The summed E-state index contributed by atoms with van der Waals surface area (Å²) in [4.78, 5) is 37.5. The molecule has 0 aliphatic carbocycles. The lowest BCUT2D eigenvalue weighted by Crippen LogP contribution is -2.26. The molecule has 7 heteroatoms. The van der Waals surface area contributed by atoms with Crippen LogP contribution in [0.5, 0.6) is 5.75 Å². The Morgan fingerprint density at radius 2 is 1.10 bits per heavy atom. The van der Waals surface area contributed by atoms with Gasteiger partial charge in [0.1, 0.15) is 5.75 Å². The summed E-state index contributed by atoms with van der Waals surface area (Å²) in [5, 5.41) is 0.818. The fourth-order valence-electron chi connectivity index (χ4n) is 5.60. The first-order chi connectivity index (χ1) is 24.3. The van der Waals surface area contributed by atoms with Gasteiger partial charge in [-0.2, -0.15) is 0 Å². The van der Waals surface area contributed by atoms with Crippen molar-refractivity contribution in [1.82, 2.24) is 0 Å². The Hall–Kier alpha value is -4.42. The number of carbonyl (C=O) groups excluding carboxylic acids is 3. The van der Waals surface area contributed by atoms with E-state index in [4.69, 9.17) is 25.8 Å². The van der Waals surface area contributed by atoms with Gasteiger partial charge in [-0.25, -0.2) is 14.4 Å². The van der Waals surface area contributed by atoms with Crippen molar-refractivity contribution in [3.05, 3.63) is 113 Å². The average molecular weight is 697 g/mol. The third-order valence-corrected chi connectivity index (χ3v) is 9.04. The number of carbonyl (C=O) groups is 3. The van der Waals surface area contributed by atoms with E-state index in [1.54, 1.807) is 12.1 Å². The molecule has 0 aliphatic rings. The van der Waals surface area contributed by atoms with Crippen LogP contribution in [0.15, 0.2) is 91.0 Å². The third kappa shape index (κ3) is 11.9. The summed E-state index contributed by atoms with van der Waals surface area (Å²) in [6.07, 6.45) is 11.5. The number of ether oxygens (including phenoxy) is 3. The largest absolute Gasteiger partial charge is 0.463 e. The minimum absolute atomic E-state index is 0.228. The highest BCUT2D eigenvalue weighted by atomic mass is 35.5. The third-order valence-electron chi connectivity index (χ3n) is 8.68. The van der Waals surface area contributed by atoms with Gasteiger partial charge in [0.15, 0.2) is 6.10 Å². The summed E-state index contributed by atoms with van der Waals surface area (Å²) in [6.45, 7) is 6.14. The molecular weight excluding hydrogens is 648 g/mol. The Labute approximate surface area is 302 Å². The molecule has 0 spiro atoms. The number of benzene rings is 4. The van der Waals surface area contributed by atoms with Gasteiger partial charge in [-0.1, -0.05) is 125 Å². The molecule has 0 radical (unpaired) electrons. The van der Waals surface area contributed by atoms with Crippen molar-refractivity contribution in [2.75, 3.05) is 6.61 Å². The highest BCUT2D eigenvalue weighted by molar-refractivity contribution is 6.31.